The number of likely N-dealkylation sites (N-methyl/N-ethyl adjacent to an activating group) is 1. The number of nitrogens with one attached hydrogen (secondary N) is 1. The summed E-state index contributed by atoms with van der Waals surface area (Å²) in [6, 6.07) is -0.00789. The average molecular weight is 313 g/mol. The molecule has 0 radical (unpaired) electrons. The molecule has 0 spiro atoms. The summed E-state index contributed by atoms with van der Waals surface area (Å²) in [5.74, 6) is 0.414. The van der Waals surface area contributed by atoms with E-state index < -0.39 is 10.0 Å². The number of aromatic nitrogens is 2. The molecular weight excluding hydrogens is 290 g/mol. The normalized spacial score (nSPS) is 22.0. The van der Waals surface area contributed by atoms with Crippen molar-refractivity contribution >= 4 is 16.0 Å². The summed E-state index contributed by atoms with van der Waals surface area (Å²) < 4.78 is 27.3. The fourth-order valence-corrected chi connectivity index (χ4v) is 4.20. The van der Waals surface area contributed by atoms with Crippen LogP contribution in [0.25, 0.3) is 0 Å². The Kier molecular flexibility index (Phi) is 5.13. The van der Waals surface area contributed by atoms with E-state index in [2.05, 4.69) is 20.2 Å². The minimum Gasteiger partial charge on any atom is -0.357 e. The Bertz CT molecular complexity index is 560. The number of sulfonamides is 1. The van der Waals surface area contributed by atoms with E-state index in [1.54, 1.807) is 11.4 Å². The summed E-state index contributed by atoms with van der Waals surface area (Å²) in [5, 5.41) is 2.78. The Hall–Kier alpha value is -1.25. The van der Waals surface area contributed by atoms with Crippen LogP contribution in [-0.2, 0) is 10.0 Å². The molecule has 1 aromatic rings. The van der Waals surface area contributed by atoms with Gasteiger partial charge in [-0.15, -0.1) is 0 Å². The van der Waals surface area contributed by atoms with Gasteiger partial charge in [-0.1, -0.05) is 6.92 Å². The topological polar surface area (TPSA) is 78.4 Å². The van der Waals surface area contributed by atoms with Crippen LogP contribution >= 0.6 is 0 Å². The molecule has 1 fully saturated rings. The molecule has 0 amide bonds. The SMILES string of the molecule is CCC1CN(C)CCCN1S(=O)(=O)c1cnc(NC)nc1. The van der Waals surface area contributed by atoms with Crippen LogP contribution in [0.1, 0.15) is 19.8 Å². The first-order chi connectivity index (χ1) is 9.98. The van der Waals surface area contributed by atoms with E-state index in [0.717, 1.165) is 25.9 Å². The Morgan fingerprint density at radius 2 is 2.00 bits per heavy atom. The number of nitrogens with zero attached hydrogens (tertiary/aromatic N) is 4. The molecule has 2 heterocycles. The van der Waals surface area contributed by atoms with Crippen molar-refractivity contribution in [3.05, 3.63) is 12.4 Å². The molecule has 1 aliphatic rings. The molecular formula is C13H23N5O2S. The van der Waals surface area contributed by atoms with Crippen LogP contribution in [0.4, 0.5) is 5.95 Å². The van der Waals surface area contributed by atoms with E-state index in [0.29, 0.717) is 12.5 Å². The Balaban J connectivity index is 2.31. The van der Waals surface area contributed by atoms with Gasteiger partial charge in [-0.25, -0.2) is 18.4 Å². The van der Waals surface area contributed by atoms with E-state index in [4.69, 9.17) is 0 Å². The Labute approximate surface area is 126 Å². The summed E-state index contributed by atoms with van der Waals surface area (Å²) in [4.78, 5) is 10.4. The molecule has 1 aliphatic heterocycles. The van der Waals surface area contributed by atoms with Gasteiger partial charge in [0.25, 0.3) is 0 Å². The van der Waals surface area contributed by atoms with E-state index >= 15 is 0 Å². The van der Waals surface area contributed by atoms with E-state index in [9.17, 15) is 8.42 Å². The standard InChI is InChI=1S/C13H23N5O2S/c1-4-11-10-17(3)6-5-7-18(11)21(19,20)12-8-15-13(14-2)16-9-12/h8-9,11H,4-7,10H2,1-3H3,(H,14,15,16). The molecule has 0 aliphatic carbocycles. The zero-order valence-electron chi connectivity index (χ0n) is 12.8. The molecule has 118 valence electrons. The van der Waals surface area contributed by atoms with Gasteiger partial charge >= 0.3 is 0 Å². The smallest absolute Gasteiger partial charge is 0.246 e. The maximum atomic E-state index is 12.8. The van der Waals surface area contributed by atoms with Crippen LogP contribution in [0, 0.1) is 0 Å². The minimum atomic E-state index is -3.54. The lowest BCUT2D eigenvalue weighted by Gasteiger charge is -2.29. The van der Waals surface area contributed by atoms with Crippen LogP contribution in [0.3, 0.4) is 0 Å². The molecule has 8 heteroatoms. The predicted molar refractivity (Wildman–Crippen MR) is 81.7 cm³/mol. The van der Waals surface area contributed by atoms with Gasteiger partial charge in [0.15, 0.2) is 0 Å². The Morgan fingerprint density at radius 1 is 1.33 bits per heavy atom. The lowest BCUT2D eigenvalue weighted by molar-refractivity contribution is 0.270. The van der Waals surface area contributed by atoms with Crippen LogP contribution in [0.15, 0.2) is 17.3 Å². The highest BCUT2D eigenvalue weighted by atomic mass is 32.2. The molecule has 0 bridgehead atoms. The molecule has 1 N–H and O–H groups in total. The molecule has 1 saturated heterocycles. The fraction of sp³-hybridized carbons (Fsp3) is 0.692. The highest BCUT2D eigenvalue weighted by Crippen LogP contribution is 2.22. The summed E-state index contributed by atoms with van der Waals surface area (Å²) in [6.45, 7) is 4.23. The minimum absolute atomic E-state index is 0.00789. The molecule has 7 nitrogen and oxygen atoms in total. The van der Waals surface area contributed by atoms with Gasteiger partial charge in [0, 0.05) is 26.2 Å². The van der Waals surface area contributed by atoms with Crippen molar-refractivity contribution in [3.63, 3.8) is 0 Å². The van der Waals surface area contributed by atoms with Crippen molar-refractivity contribution in [2.45, 2.75) is 30.7 Å². The van der Waals surface area contributed by atoms with E-state index in [1.165, 1.54) is 12.4 Å². The third kappa shape index (κ3) is 3.50. The molecule has 0 saturated carbocycles. The number of anilines is 1. The first-order valence-electron chi connectivity index (χ1n) is 7.19. The highest BCUT2D eigenvalue weighted by molar-refractivity contribution is 7.89. The van der Waals surface area contributed by atoms with Crippen molar-refractivity contribution in [2.75, 3.05) is 39.0 Å². The first-order valence-corrected chi connectivity index (χ1v) is 8.63. The van der Waals surface area contributed by atoms with Crippen LogP contribution in [0.2, 0.25) is 0 Å². The second-order valence-electron chi connectivity index (χ2n) is 5.29. The Morgan fingerprint density at radius 3 is 2.57 bits per heavy atom. The number of rotatable bonds is 4. The van der Waals surface area contributed by atoms with Crippen LogP contribution < -0.4 is 5.32 Å². The fourth-order valence-electron chi connectivity index (χ4n) is 2.58. The molecule has 1 atom stereocenters. The largest absolute Gasteiger partial charge is 0.357 e. The van der Waals surface area contributed by atoms with Gasteiger partial charge in [-0.05, 0) is 26.4 Å². The van der Waals surface area contributed by atoms with Gasteiger partial charge in [0.2, 0.25) is 16.0 Å². The third-order valence-corrected chi connectivity index (χ3v) is 5.68. The monoisotopic (exact) mass is 313 g/mol. The summed E-state index contributed by atoms with van der Waals surface area (Å²) >= 11 is 0. The van der Waals surface area contributed by atoms with Crippen molar-refractivity contribution in [2.24, 2.45) is 0 Å². The van der Waals surface area contributed by atoms with Gasteiger partial charge in [-0.3, -0.25) is 0 Å². The molecule has 2 rings (SSSR count). The zero-order chi connectivity index (χ0) is 15.5. The predicted octanol–water partition coefficient (Wildman–Crippen LogP) is 0.623. The van der Waals surface area contributed by atoms with Crippen molar-refractivity contribution in [1.82, 2.24) is 19.2 Å². The van der Waals surface area contributed by atoms with Crippen molar-refractivity contribution in [1.29, 1.82) is 0 Å². The average Bonchev–Trinajstić information content (AvgIpc) is 2.68. The van der Waals surface area contributed by atoms with Crippen molar-refractivity contribution in [3.8, 4) is 0 Å². The van der Waals surface area contributed by atoms with Gasteiger partial charge in [0.05, 0.1) is 12.4 Å². The molecule has 1 aromatic heterocycles. The van der Waals surface area contributed by atoms with Gasteiger partial charge < -0.3 is 10.2 Å². The molecule has 1 unspecified atom stereocenters. The van der Waals surface area contributed by atoms with Crippen LogP contribution in [0.5, 0.6) is 0 Å². The third-order valence-electron chi connectivity index (χ3n) is 3.78. The lowest BCUT2D eigenvalue weighted by atomic mass is 10.2. The summed E-state index contributed by atoms with van der Waals surface area (Å²) in [7, 11) is 0.186. The molecule has 0 aromatic carbocycles. The van der Waals surface area contributed by atoms with Gasteiger partial charge in [0.1, 0.15) is 4.90 Å². The van der Waals surface area contributed by atoms with E-state index in [-0.39, 0.29) is 10.9 Å². The summed E-state index contributed by atoms with van der Waals surface area (Å²) in [6.07, 6.45) is 4.37. The highest BCUT2D eigenvalue weighted by Gasteiger charge is 2.33. The van der Waals surface area contributed by atoms with Crippen LogP contribution in [-0.4, -0.2) is 67.4 Å². The molecule has 21 heavy (non-hydrogen) atoms. The maximum absolute atomic E-state index is 12.8. The quantitative estimate of drug-likeness (QED) is 0.878. The number of hydrogen-bond donors (Lipinski definition) is 1. The first kappa shape index (κ1) is 16.1. The van der Waals surface area contributed by atoms with Gasteiger partial charge in [-0.2, -0.15) is 4.31 Å². The maximum Gasteiger partial charge on any atom is 0.246 e. The zero-order valence-corrected chi connectivity index (χ0v) is 13.6. The van der Waals surface area contributed by atoms with Crippen molar-refractivity contribution < 1.29 is 8.42 Å². The second-order valence-corrected chi connectivity index (χ2v) is 7.18. The summed E-state index contributed by atoms with van der Waals surface area (Å²) in [5.41, 5.74) is 0. The second kappa shape index (κ2) is 6.67. The number of hydrogen-bond acceptors (Lipinski definition) is 6. The lowest BCUT2D eigenvalue weighted by Crippen LogP contribution is -2.43. The van der Waals surface area contributed by atoms with E-state index in [1.807, 2.05) is 14.0 Å².